The first kappa shape index (κ1) is 20.5. The summed E-state index contributed by atoms with van der Waals surface area (Å²) in [5.74, 6) is -0.333. The Kier molecular flexibility index (Phi) is 5.41. The van der Waals surface area contributed by atoms with Crippen molar-refractivity contribution in [3.63, 3.8) is 0 Å². The van der Waals surface area contributed by atoms with Gasteiger partial charge in [0.15, 0.2) is 5.13 Å². The zero-order chi connectivity index (χ0) is 22.0. The molecular weight excluding hydrogens is 439 g/mol. The Morgan fingerprint density at radius 2 is 1.94 bits per heavy atom. The van der Waals surface area contributed by atoms with Crippen LogP contribution in [0, 0.1) is 24.1 Å². The van der Waals surface area contributed by atoms with Crippen LogP contribution in [-0.4, -0.2) is 23.2 Å². The first-order valence-electron chi connectivity index (χ1n) is 8.93. The Hall–Kier alpha value is -3.75. The van der Waals surface area contributed by atoms with E-state index in [-0.39, 0.29) is 10.0 Å². The van der Waals surface area contributed by atoms with Crippen molar-refractivity contribution in [1.29, 1.82) is 5.26 Å². The zero-order valence-corrected chi connectivity index (χ0v) is 17.7. The number of halogens is 1. The number of aromatic nitrogens is 3. The fourth-order valence-electron chi connectivity index (χ4n) is 2.84. The molecule has 0 aliphatic heterocycles. The second kappa shape index (κ2) is 8.17. The topological polar surface area (TPSA) is 113 Å². The molecule has 4 rings (SSSR count). The summed E-state index contributed by atoms with van der Waals surface area (Å²) >= 11 is 0.860. The van der Waals surface area contributed by atoms with Gasteiger partial charge in [-0.1, -0.05) is 29.5 Å². The smallest absolute Gasteiger partial charge is 0.266 e. The van der Waals surface area contributed by atoms with Crippen LogP contribution in [-0.2, 0) is 10.0 Å². The van der Waals surface area contributed by atoms with E-state index in [1.165, 1.54) is 12.3 Å². The van der Waals surface area contributed by atoms with Crippen LogP contribution in [0.25, 0.3) is 5.69 Å². The van der Waals surface area contributed by atoms with Crippen molar-refractivity contribution in [3.8, 4) is 11.8 Å². The third-order valence-electron chi connectivity index (χ3n) is 4.16. The van der Waals surface area contributed by atoms with E-state index >= 15 is 0 Å². The molecular formula is C20H15FN6O2S2. The standard InChI is InChI=1S/C20H15FN6O2S2/c1-13-9-19(27(25-13)15-5-3-2-4-6-15)24-14-7-8-18(17(21)10-14)31(28,29)26-20-23-12-16(11-22)30-20/h2-10,12,24H,1H3,(H,23,26). The van der Waals surface area contributed by atoms with E-state index in [1.807, 2.05) is 43.3 Å². The quantitative estimate of drug-likeness (QED) is 0.452. The Bertz CT molecular complexity index is 1390. The number of sulfonamides is 1. The SMILES string of the molecule is Cc1cc(Nc2ccc(S(=O)(=O)Nc3ncc(C#N)s3)c(F)c2)n(-c2ccccc2)n1. The summed E-state index contributed by atoms with van der Waals surface area (Å²) in [6, 6.07) is 16.8. The van der Waals surface area contributed by atoms with Gasteiger partial charge in [-0.05, 0) is 37.3 Å². The zero-order valence-electron chi connectivity index (χ0n) is 16.1. The maximum atomic E-state index is 14.7. The van der Waals surface area contributed by atoms with Crippen LogP contribution in [0.5, 0.6) is 0 Å². The van der Waals surface area contributed by atoms with Crippen LogP contribution in [0.4, 0.5) is 21.0 Å². The third kappa shape index (κ3) is 4.40. The number of thiazole rings is 1. The van der Waals surface area contributed by atoms with Gasteiger partial charge in [-0.25, -0.2) is 22.5 Å². The number of nitrogens with zero attached hydrogens (tertiary/aromatic N) is 4. The maximum absolute atomic E-state index is 14.7. The first-order valence-corrected chi connectivity index (χ1v) is 11.2. The number of benzene rings is 2. The van der Waals surface area contributed by atoms with Crippen LogP contribution in [0.15, 0.2) is 65.7 Å². The monoisotopic (exact) mass is 454 g/mol. The van der Waals surface area contributed by atoms with Crippen molar-refractivity contribution < 1.29 is 12.8 Å². The molecule has 0 unspecified atom stereocenters. The van der Waals surface area contributed by atoms with Crippen molar-refractivity contribution in [2.75, 3.05) is 10.0 Å². The number of nitrogens with one attached hydrogen (secondary N) is 2. The van der Waals surface area contributed by atoms with Gasteiger partial charge < -0.3 is 5.32 Å². The minimum absolute atomic E-state index is 0.0135. The summed E-state index contributed by atoms with van der Waals surface area (Å²) in [5, 5.41) is 16.3. The normalized spacial score (nSPS) is 11.1. The van der Waals surface area contributed by atoms with Gasteiger partial charge in [-0.15, -0.1) is 0 Å². The number of hydrogen-bond acceptors (Lipinski definition) is 7. The number of anilines is 3. The van der Waals surface area contributed by atoms with Crippen molar-refractivity contribution in [3.05, 3.63) is 77.2 Å². The summed E-state index contributed by atoms with van der Waals surface area (Å²) in [7, 11) is -4.21. The van der Waals surface area contributed by atoms with Crippen LogP contribution in [0.3, 0.4) is 0 Å². The summed E-state index contributed by atoms with van der Waals surface area (Å²) < 4.78 is 43.6. The predicted octanol–water partition coefficient (Wildman–Crippen LogP) is 4.19. The molecule has 0 bridgehead atoms. The molecule has 11 heteroatoms. The molecule has 0 saturated heterocycles. The Morgan fingerprint density at radius 3 is 2.61 bits per heavy atom. The molecule has 0 radical (unpaired) electrons. The molecule has 0 fully saturated rings. The van der Waals surface area contributed by atoms with E-state index < -0.39 is 20.7 Å². The van der Waals surface area contributed by atoms with Gasteiger partial charge >= 0.3 is 0 Å². The highest BCUT2D eigenvalue weighted by atomic mass is 32.2. The lowest BCUT2D eigenvalue weighted by Crippen LogP contribution is -2.14. The third-order valence-corrected chi connectivity index (χ3v) is 6.48. The highest BCUT2D eigenvalue weighted by Gasteiger charge is 2.21. The molecule has 2 heterocycles. The number of hydrogen-bond donors (Lipinski definition) is 2. The van der Waals surface area contributed by atoms with Crippen molar-refractivity contribution >= 4 is 38.0 Å². The van der Waals surface area contributed by atoms with Crippen LogP contribution in [0.1, 0.15) is 10.6 Å². The largest absolute Gasteiger partial charge is 0.340 e. The first-order chi connectivity index (χ1) is 14.9. The average molecular weight is 455 g/mol. The molecule has 0 spiro atoms. The molecule has 31 heavy (non-hydrogen) atoms. The van der Waals surface area contributed by atoms with Crippen LogP contribution >= 0.6 is 11.3 Å². The fourth-order valence-corrected chi connectivity index (χ4v) is 4.76. The highest BCUT2D eigenvalue weighted by molar-refractivity contribution is 7.93. The molecule has 2 aromatic heterocycles. The lowest BCUT2D eigenvalue weighted by atomic mass is 10.3. The molecule has 2 aromatic carbocycles. The van der Waals surface area contributed by atoms with E-state index in [0.29, 0.717) is 11.5 Å². The lowest BCUT2D eigenvalue weighted by Gasteiger charge is -2.11. The molecule has 156 valence electrons. The van der Waals surface area contributed by atoms with Gasteiger partial charge in [0.25, 0.3) is 10.0 Å². The Labute approximate surface area is 181 Å². The summed E-state index contributed by atoms with van der Waals surface area (Å²) in [4.78, 5) is 3.51. The van der Waals surface area contributed by atoms with Crippen LogP contribution in [0.2, 0.25) is 0 Å². The minimum Gasteiger partial charge on any atom is -0.340 e. The van der Waals surface area contributed by atoms with Crippen molar-refractivity contribution in [2.24, 2.45) is 0 Å². The Balaban J connectivity index is 1.59. The second-order valence-electron chi connectivity index (χ2n) is 6.44. The lowest BCUT2D eigenvalue weighted by molar-refractivity contribution is 0.570. The van der Waals surface area contributed by atoms with E-state index in [0.717, 1.165) is 34.9 Å². The number of para-hydroxylation sites is 1. The molecule has 2 N–H and O–H groups in total. The molecule has 4 aromatic rings. The molecule has 0 aliphatic carbocycles. The maximum Gasteiger partial charge on any atom is 0.266 e. The number of aryl methyl sites for hydroxylation is 1. The summed E-state index contributed by atoms with van der Waals surface area (Å²) in [6.45, 7) is 1.84. The molecule has 0 amide bonds. The van der Waals surface area contributed by atoms with Gasteiger partial charge in [-0.3, -0.25) is 4.72 Å². The molecule has 0 saturated carbocycles. The molecule has 0 aliphatic rings. The highest BCUT2D eigenvalue weighted by Crippen LogP contribution is 2.27. The van der Waals surface area contributed by atoms with E-state index in [9.17, 15) is 12.8 Å². The fraction of sp³-hybridized carbons (Fsp3) is 0.0500. The van der Waals surface area contributed by atoms with Gasteiger partial charge in [0.1, 0.15) is 27.5 Å². The van der Waals surface area contributed by atoms with E-state index in [4.69, 9.17) is 5.26 Å². The Morgan fingerprint density at radius 1 is 1.16 bits per heavy atom. The van der Waals surface area contributed by atoms with Gasteiger partial charge in [0.2, 0.25) is 0 Å². The summed E-state index contributed by atoms with van der Waals surface area (Å²) in [5.41, 5.74) is 1.94. The van der Waals surface area contributed by atoms with Gasteiger partial charge in [-0.2, -0.15) is 10.4 Å². The predicted molar refractivity (Wildman–Crippen MR) is 116 cm³/mol. The molecule has 8 nitrogen and oxygen atoms in total. The van der Waals surface area contributed by atoms with Crippen molar-refractivity contribution in [2.45, 2.75) is 11.8 Å². The number of rotatable bonds is 6. The van der Waals surface area contributed by atoms with Gasteiger partial charge in [0.05, 0.1) is 17.6 Å². The van der Waals surface area contributed by atoms with Crippen molar-refractivity contribution in [1.82, 2.24) is 14.8 Å². The van der Waals surface area contributed by atoms with Gasteiger partial charge in [0, 0.05) is 11.8 Å². The molecule has 0 atom stereocenters. The average Bonchev–Trinajstić information content (AvgIpc) is 3.34. The second-order valence-corrected chi connectivity index (χ2v) is 9.12. The van der Waals surface area contributed by atoms with E-state index in [1.54, 1.807) is 10.7 Å². The van der Waals surface area contributed by atoms with Crippen LogP contribution < -0.4 is 10.0 Å². The van der Waals surface area contributed by atoms with E-state index in [2.05, 4.69) is 20.1 Å². The minimum atomic E-state index is -4.21. The number of nitriles is 1. The summed E-state index contributed by atoms with van der Waals surface area (Å²) in [6.07, 6.45) is 1.24.